The summed E-state index contributed by atoms with van der Waals surface area (Å²) in [5, 5.41) is 9.49. The molecule has 67 heavy (non-hydrogen) atoms. The predicted molar refractivity (Wildman–Crippen MR) is 267 cm³/mol. The van der Waals surface area contributed by atoms with Crippen molar-refractivity contribution in [1.82, 2.24) is 4.90 Å². The van der Waals surface area contributed by atoms with Crippen LogP contribution in [0.15, 0.2) is 24.3 Å². The first-order valence-corrected chi connectivity index (χ1v) is 27.2. The Labute approximate surface area is 407 Å². The topological polar surface area (TPSA) is 155 Å². The summed E-state index contributed by atoms with van der Waals surface area (Å²) in [6.07, 6.45) is 37.2. The lowest BCUT2D eigenvalue weighted by Gasteiger charge is -2.37. The second kappa shape index (κ2) is 45.2. The summed E-state index contributed by atoms with van der Waals surface area (Å²) in [7, 11) is 0. The summed E-state index contributed by atoms with van der Waals surface area (Å²) in [4.78, 5) is 66.0. The monoisotopic (exact) mass is 948 g/mol. The average molecular weight is 948 g/mol. The molecule has 1 fully saturated rings. The Morgan fingerprint density at radius 2 is 0.910 bits per heavy atom. The van der Waals surface area contributed by atoms with Crippen LogP contribution >= 0.6 is 0 Å². The van der Waals surface area contributed by atoms with Crippen molar-refractivity contribution in [1.29, 1.82) is 0 Å². The quantitative estimate of drug-likeness (QED) is 0.0267. The Balaban J connectivity index is 2.63. The zero-order chi connectivity index (χ0) is 48.8. The lowest BCUT2D eigenvalue weighted by atomic mass is 9.91. The molecule has 1 rings (SSSR count). The van der Waals surface area contributed by atoms with Gasteiger partial charge in [0, 0.05) is 50.6 Å². The second-order valence-electron chi connectivity index (χ2n) is 18.7. The van der Waals surface area contributed by atoms with Gasteiger partial charge in [-0.2, -0.15) is 0 Å². The molecular formula is C55H97NO11. The largest absolute Gasteiger partial charge is 0.465 e. The van der Waals surface area contributed by atoms with E-state index in [0.29, 0.717) is 51.1 Å². The lowest BCUT2D eigenvalue weighted by molar-refractivity contribution is -0.167. The molecule has 12 nitrogen and oxygen atoms in total. The molecule has 0 bridgehead atoms. The van der Waals surface area contributed by atoms with E-state index in [-0.39, 0.29) is 76.1 Å². The number of unbranched alkanes of at least 4 members (excludes halogenated alkanes) is 17. The van der Waals surface area contributed by atoms with E-state index in [1.54, 1.807) is 0 Å². The second-order valence-corrected chi connectivity index (χ2v) is 18.7. The van der Waals surface area contributed by atoms with Crippen LogP contribution in [0, 0.1) is 5.92 Å². The summed E-state index contributed by atoms with van der Waals surface area (Å²) >= 11 is 0. The maximum Gasteiger partial charge on any atom is 0.306 e. The molecule has 0 saturated heterocycles. The van der Waals surface area contributed by atoms with E-state index < -0.39 is 18.0 Å². The van der Waals surface area contributed by atoms with Gasteiger partial charge in [-0.1, -0.05) is 135 Å². The fourth-order valence-corrected chi connectivity index (χ4v) is 7.96. The normalized spacial score (nSPS) is 13.3. The van der Waals surface area contributed by atoms with Gasteiger partial charge in [-0.25, -0.2) is 0 Å². The molecule has 1 atom stereocenters. The number of esters is 5. The Morgan fingerprint density at radius 1 is 0.493 bits per heavy atom. The number of aliphatic hydroxyl groups excluding tert-OH is 1. The standard InChI is InChI=1S/C55H97NO11/c1-4-7-10-13-14-15-16-17-18-19-20-21-22-25-28-38-53(60)65-46-50(67-55(62)39-29-30-41-56(42-43-57)49-34-32-35-49)47-66-54(61)40-31-33-48(44-63-51(58)36-26-23-11-8-5-2)45-64-52(59)37-27-24-12-9-6-3/h14-15,17-18,48-50,57H,4-13,16,19-47H2,1-3H3/b15-14-,18-17-. The minimum atomic E-state index is -0.943. The summed E-state index contributed by atoms with van der Waals surface area (Å²) in [5.74, 6) is -2.13. The average Bonchev–Trinajstić information content (AvgIpc) is 3.29. The van der Waals surface area contributed by atoms with Gasteiger partial charge in [0.05, 0.1) is 19.8 Å². The van der Waals surface area contributed by atoms with Crippen LogP contribution in [-0.2, 0) is 47.7 Å². The maximum atomic E-state index is 13.0. The zero-order valence-corrected chi connectivity index (χ0v) is 42.8. The van der Waals surface area contributed by atoms with Crippen molar-refractivity contribution in [3.63, 3.8) is 0 Å². The van der Waals surface area contributed by atoms with Gasteiger partial charge in [0.15, 0.2) is 6.10 Å². The van der Waals surface area contributed by atoms with Gasteiger partial charge in [0.2, 0.25) is 0 Å². The number of hydrogen-bond acceptors (Lipinski definition) is 12. The van der Waals surface area contributed by atoms with Gasteiger partial charge in [0.25, 0.3) is 0 Å². The number of aliphatic hydroxyl groups is 1. The van der Waals surface area contributed by atoms with Gasteiger partial charge in [-0.3, -0.25) is 28.9 Å². The van der Waals surface area contributed by atoms with Crippen LogP contribution in [-0.4, -0.2) is 98.1 Å². The van der Waals surface area contributed by atoms with Gasteiger partial charge in [0.1, 0.15) is 13.2 Å². The number of hydrogen-bond donors (Lipinski definition) is 1. The Bertz CT molecular complexity index is 1270. The van der Waals surface area contributed by atoms with Crippen molar-refractivity contribution in [2.45, 2.75) is 245 Å². The van der Waals surface area contributed by atoms with Crippen LogP contribution in [0.25, 0.3) is 0 Å². The molecular weight excluding hydrogens is 851 g/mol. The Kier molecular flexibility index (Phi) is 41.7. The van der Waals surface area contributed by atoms with Crippen molar-refractivity contribution in [2.75, 3.05) is 46.1 Å². The van der Waals surface area contributed by atoms with Crippen LogP contribution in [0.1, 0.15) is 233 Å². The third kappa shape index (κ3) is 38.3. The van der Waals surface area contributed by atoms with Gasteiger partial charge < -0.3 is 28.8 Å². The molecule has 1 aliphatic carbocycles. The molecule has 0 spiro atoms. The van der Waals surface area contributed by atoms with Crippen molar-refractivity contribution in [3.8, 4) is 0 Å². The third-order valence-electron chi connectivity index (χ3n) is 12.5. The smallest absolute Gasteiger partial charge is 0.306 e. The molecule has 0 heterocycles. The maximum absolute atomic E-state index is 13.0. The highest BCUT2D eigenvalue weighted by Crippen LogP contribution is 2.25. The summed E-state index contributed by atoms with van der Waals surface area (Å²) in [6.45, 7) is 7.81. The number of carbonyl (C=O) groups excluding carboxylic acids is 5. The van der Waals surface area contributed by atoms with E-state index in [1.807, 2.05) is 0 Å². The van der Waals surface area contributed by atoms with E-state index >= 15 is 0 Å². The van der Waals surface area contributed by atoms with Crippen LogP contribution in [0.4, 0.5) is 0 Å². The van der Waals surface area contributed by atoms with Crippen LogP contribution in [0.3, 0.4) is 0 Å². The first-order chi connectivity index (χ1) is 32.7. The van der Waals surface area contributed by atoms with E-state index in [2.05, 4.69) is 50.0 Å². The highest BCUT2D eigenvalue weighted by Gasteiger charge is 2.25. The number of nitrogens with zero attached hydrogens (tertiary/aromatic N) is 1. The number of carbonyl (C=O) groups is 5. The van der Waals surface area contributed by atoms with E-state index in [0.717, 1.165) is 129 Å². The third-order valence-corrected chi connectivity index (χ3v) is 12.5. The zero-order valence-electron chi connectivity index (χ0n) is 42.8. The van der Waals surface area contributed by atoms with Crippen molar-refractivity contribution < 1.29 is 52.8 Å². The molecule has 0 aromatic rings. The first-order valence-electron chi connectivity index (χ1n) is 27.2. The first kappa shape index (κ1) is 61.8. The lowest BCUT2D eigenvalue weighted by Crippen LogP contribution is -2.42. The van der Waals surface area contributed by atoms with Crippen LogP contribution < -0.4 is 0 Å². The Hall–Kier alpha value is -3.25. The predicted octanol–water partition coefficient (Wildman–Crippen LogP) is 12.4. The molecule has 1 N–H and O–H groups in total. The Morgan fingerprint density at radius 3 is 1.40 bits per heavy atom. The minimum absolute atomic E-state index is 0.0614. The SMILES string of the molecule is CCCCC/C=C\C/C=C\CCCCCCCC(=O)OCC(COC(=O)CCCC(COC(=O)CCCCCCC)COC(=O)CCCCCCC)OC(=O)CCCCN(CCO)C1CCC1. The molecule has 1 saturated carbocycles. The van der Waals surface area contributed by atoms with Crippen molar-refractivity contribution in [2.24, 2.45) is 5.92 Å². The fourth-order valence-electron chi connectivity index (χ4n) is 7.96. The molecule has 0 amide bonds. The molecule has 0 aromatic carbocycles. The fraction of sp³-hybridized carbons (Fsp3) is 0.836. The van der Waals surface area contributed by atoms with Crippen molar-refractivity contribution >= 4 is 29.8 Å². The molecule has 1 unspecified atom stereocenters. The summed E-state index contributed by atoms with van der Waals surface area (Å²) in [5.41, 5.74) is 0. The molecule has 0 aromatic heterocycles. The van der Waals surface area contributed by atoms with Crippen LogP contribution in [0.5, 0.6) is 0 Å². The molecule has 0 radical (unpaired) electrons. The molecule has 388 valence electrons. The van der Waals surface area contributed by atoms with E-state index in [9.17, 15) is 29.1 Å². The number of rotatable bonds is 47. The van der Waals surface area contributed by atoms with Gasteiger partial charge in [-0.15, -0.1) is 0 Å². The minimum Gasteiger partial charge on any atom is -0.465 e. The van der Waals surface area contributed by atoms with Gasteiger partial charge in [-0.05, 0) is 96.4 Å². The molecule has 12 heteroatoms. The van der Waals surface area contributed by atoms with Crippen molar-refractivity contribution in [3.05, 3.63) is 24.3 Å². The highest BCUT2D eigenvalue weighted by atomic mass is 16.6. The number of allylic oxidation sites excluding steroid dienone is 4. The highest BCUT2D eigenvalue weighted by molar-refractivity contribution is 5.71. The van der Waals surface area contributed by atoms with Crippen LogP contribution in [0.2, 0.25) is 0 Å². The molecule has 1 aliphatic rings. The number of ether oxygens (including phenoxy) is 5. The summed E-state index contributed by atoms with van der Waals surface area (Å²) < 4.78 is 28.0. The summed E-state index contributed by atoms with van der Waals surface area (Å²) in [6, 6.07) is 0.503. The van der Waals surface area contributed by atoms with Gasteiger partial charge >= 0.3 is 29.8 Å². The van der Waals surface area contributed by atoms with E-state index in [4.69, 9.17) is 23.7 Å². The molecule has 0 aliphatic heterocycles. The van der Waals surface area contributed by atoms with E-state index in [1.165, 1.54) is 32.1 Å².